The second kappa shape index (κ2) is 5.21. The molecule has 2 atom stereocenters. The number of aliphatic carboxylic acids is 1. The van der Waals surface area contributed by atoms with Gasteiger partial charge in [-0.25, -0.2) is 0 Å². The van der Waals surface area contributed by atoms with Crippen LogP contribution in [0.1, 0.15) is 31.4 Å². The SMILES string of the molecule is CCN1C(=O)CC[C@H](C(=O)[O-])[C@H]1c1ccccc1. The molecule has 18 heavy (non-hydrogen) atoms. The molecule has 0 spiro atoms. The minimum Gasteiger partial charge on any atom is -0.550 e. The maximum Gasteiger partial charge on any atom is 0.223 e. The van der Waals surface area contributed by atoms with Gasteiger partial charge in [-0.1, -0.05) is 30.3 Å². The minimum absolute atomic E-state index is 0.0175. The number of amides is 1. The fraction of sp³-hybridized carbons (Fsp3) is 0.429. The predicted molar refractivity (Wildman–Crippen MR) is 64.3 cm³/mol. The molecular formula is C14H16NO3-. The van der Waals surface area contributed by atoms with E-state index in [1.165, 1.54) is 0 Å². The summed E-state index contributed by atoms with van der Waals surface area (Å²) in [5.74, 6) is -1.68. The van der Waals surface area contributed by atoms with Crippen molar-refractivity contribution in [2.24, 2.45) is 5.92 Å². The van der Waals surface area contributed by atoms with Crippen molar-refractivity contribution in [2.75, 3.05) is 6.54 Å². The zero-order valence-corrected chi connectivity index (χ0v) is 10.3. The van der Waals surface area contributed by atoms with Gasteiger partial charge < -0.3 is 14.8 Å². The molecular weight excluding hydrogens is 230 g/mol. The number of likely N-dealkylation sites (tertiary alicyclic amines) is 1. The molecule has 1 aliphatic heterocycles. The molecule has 0 radical (unpaired) electrons. The van der Waals surface area contributed by atoms with Gasteiger partial charge in [-0.15, -0.1) is 0 Å². The predicted octanol–water partition coefficient (Wildman–Crippen LogP) is 0.736. The van der Waals surface area contributed by atoms with Crippen molar-refractivity contribution in [1.29, 1.82) is 0 Å². The number of rotatable bonds is 3. The molecule has 1 amide bonds. The number of carboxylic acids is 1. The van der Waals surface area contributed by atoms with Crippen LogP contribution in [0.3, 0.4) is 0 Å². The van der Waals surface area contributed by atoms with Crippen LogP contribution in [0.2, 0.25) is 0 Å². The van der Waals surface area contributed by atoms with E-state index in [0.717, 1.165) is 5.56 Å². The van der Waals surface area contributed by atoms with Crippen molar-refractivity contribution in [2.45, 2.75) is 25.8 Å². The molecule has 1 aromatic carbocycles. The molecule has 0 N–H and O–H groups in total. The highest BCUT2D eigenvalue weighted by Gasteiger charge is 2.36. The zero-order chi connectivity index (χ0) is 13.1. The number of hydrogen-bond donors (Lipinski definition) is 0. The lowest BCUT2D eigenvalue weighted by Gasteiger charge is -2.41. The standard InChI is InChI=1S/C14H17NO3/c1-2-15-12(16)9-8-11(14(17)18)13(15)10-6-4-3-5-7-10/h3-7,11,13H,2,8-9H2,1H3,(H,17,18)/p-1/t11-,13+/m0/s1. The van der Waals surface area contributed by atoms with Crippen LogP contribution in [0.4, 0.5) is 0 Å². The first-order chi connectivity index (χ1) is 8.65. The maximum absolute atomic E-state index is 11.9. The normalized spacial score (nSPS) is 24.1. The monoisotopic (exact) mass is 246 g/mol. The van der Waals surface area contributed by atoms with Crippen LogP contribution in [0, 0.1) is 5.92 Å². The molecule has 2 rings (SSSR count). The Morgan fingerprint density at radius 1 is 1.39 bits per heavy atom. The summed E-state index contributed by atoms with van der Waals surface area (Å²) in [6.45, 7) is 2.38. The van der Waals surface area contributed by atoms with E-state index in [4.69, 9.17) is 0 Å². The largest absolute Gasteiger partial charge is 0.550 e. The molecule has 4 heteroatoms. The van der Waals surface area contributed by atoms with Crippen LogP contribution in [0.25, 0.3) is 0 Å². The van der Waals surface area contributed by atoms with E-state index in [1.807, 2.05) is 37.3 Å². The van der Waals surface area contributed by atoms with Crippen LogP contribution in [0.15, 0.2) is 30.3 Å². The first kappa shape index (κ1) is 12.6. The number of nitrogens with zero attached hydrogens (tertiary/aromatic N) is 1. The van der Waals surface area contributed by atoms with Crippen molar-refractivity contribution < 1.29 is 14.7 Å². The fourth-order valence-electron chi connectivity index (χ4n) is 2.64. The lowest BCUT2D eigenvalue weighted by atomic mass is 9.84. The van der Waals surface area contributed by atoms with Crippen molar-refractivity contribution >= 4 is 11.9 Å². The van der Waals surface area contributed by atoms with Gasteiger partial charge in [0.1, 0.15) is 0 Å². The van der Waals surface area contributed by atoms with Gasteiger partial charge in [-0.3, -0.25) is 4.79 Å². The van der Waals surface area contributed by atoms with E-state index in [2.05, 4.69) is 0 Å². The topological polar surface area (TPSA) is 60.4 Å². The second-order valence-corrected chi connectivity index (χ2v) is 4.50. The Kier molecular flexibility index (Phi) is 3.65. The molecule has 0 aliphatic carbocycles. The molecule has 1 heterocycles. The van der Waals surface area contributed by atoms with Gasteiger partial charge in [0.25, 0.3) is 0 Å². The Balaban J connectivity index is 2.40. The first-order valence-electron chi connectivity index (χ1n) is 6.20. The lowest BCUT2D eigenvalue weighted by Crippen LogP contribution is -2.48. The summed E-state index contributed by atoms with van der Waals surface area (Å²) in [6.07, 6.45) is 0.646. The van der Waals surface area contributed by atoms with E-state index in [1.54, 1.807) is 4.90 Å². The summed E-state index contributed by atoms with van der Waals surface area (Å²) in [5, 5.41) is 11.3. The Morgan fingerprint density at radius 2 is 2.06 bits per heavy atom. The van der Waals surface area contributed by atoms with E-state index < -0.39 is 17.9 Å². The average molecular weight is 246 g/mol. The highest BCUT2D eigenvalue weighted by molar-refractivity contribution is 5.81. The third-order valence-electron chi connectivity index (χ3n) is 3.49. The molecule has 0 bridgehead atoms. The number of benzene rings is 1. The number of piperidine rings is 1. The van der Waals surface area contributed by atoms with Gasteiger partial charge in [-0.05, 0) is 18.9 Å². The van der Waals surface area contributed by atoms with Crippen LogP contribution < -0.4 is 5.11 Å². The van der Waals surface area contributed by atoms with E-state index in [-0.39, 0.29) is 12.3 Å². The summed E-state index contributed by atoms with van der Waals surface area (Å²) in [6, 6.07) is 8.91. The highest BCUT2D eigenvalue weighted by Crippen LogP contribution is 2.36. The van der Waals surface area contributed by atoms with Crippen LogP contribution in [-0.2, 0) is 9.59 Å². The van der Waals surface area contributed by atoms with Crippen LogP contribution >= 0.6 is 0 Å². The molecule has 0 aromatic heterocycles. The molecule has 1 aromatic rings. The number of carbonyl (C=O) groups excluding carboxylic acids is 2. The summed E-state index contributed by atoms with van der Waals surface area (Å²) in [4.78, 5) is 24.8. The molecule has 96 valence electrons. The minimum atomic E-state index is -1.07. The summed E-state index contributed by atoms with van der Waals surface area (Å²) >= 11 is 0. The lowest BCUT2D eigenvalue weighted by molar-refractivity contribution is -0.314. The van der Waals surface area contributed by atoms with Crippen molar-refractivity contribution in [3.63, 3.8) is 0 Å². The van der Waals surface area contributed by atoms with Gasteiger partial charge in [-0.2, -0.15) is 0 Å². The Bertz CT molecular complexity index is 442. The fourth-order valence-corrected chi connectivity index (χ4v) is 2.64. The number of hydrogen-bond acceptors (Lipinski definition) is 3. The van der Waals surface area contributed by atoms with Crippen LogP contribution in [-0.4, -0.2) is 23.3 Å². The quantitative estimate of drug-likeness (QED) is 0.790. The van der Waals surface area contributed by atoms with Gasteiger partial charge in [0.05, 0.1) is 6.04 Å². The van der Waals surface area contributed by atoms with E-state index in [0.29, 0.717) is 13.0 Å². The summed E-state index contributed by atoms with van der Waals surface area (Å²) in [7, 11) is 0. The third-order valence-corrected chi connectivity index (χ3v) is 3.49. The molecule has 0 saturated carbocycles. The average Bonchev–Trinajstić information content (AvgIpc) is 2.39. The summed E-state index contributed by atoms with van der Waals surface area (Å²) in [5.41, 5.74) is 0.863. The van der Waals surface area contributed by atoms with Crippen molar-refractivity contribution in [3.05, 3.63) is 35.9 Å². The third kappa shape index (κ3) is 2.23. The maximum atomic E-state index is 11.9. The molecule has 1 aliphatic rings. The van der Waals surface area contributed by atoms with Crippen molar-refractivity contribution in [1.82, 2.24) is 4.90 Å². The summed E-state index contributed by atoms with van der Waals surface area (Å²) < 4.78 is 0. The smallest absolute Gasteiger partial charge is 0.223 e. The van der Waals surface area contributed by atoms with Gasteiger partial charge in [0.2, 0.25) is 5.91 Å². The molecule has 0 unspecified atom stereocenters. The van der Waals surface area contributed by atoms with Crippen molar-refractivity contribution in [3.8, 4) is 0 Å². The van der Waals surface area contributed by atoms with E-state index >= 15 is 0 Å². The zero-order valence-electron chi connectivity index (χ0n) is 10.3. The molecule has 1 saturated heterocycles. The first-order valence-corrected chi connectivity index (χ1v) is 6.20. The number of carbonyl (C=O) groups is 2. The molecule has 4 nitrogen and oxygen atoms in total. The second-order valence-electron chi connectivity index (χ2n) is 4.50. The van der Waals surface area contributed by atoms with Gasteiger partial charge in [0.15, 0.2) is 0 Å². The van der Waals surface area contributed by atoms with Crippen LogP contribution in [0.5, 0.6) is 0 Å². The Hall–Kier alpha value is -1.84. The Morgan fingerprint density at radius 3 is 2.61 bits per heavy atom. The highest BCUT2D eigenvalue weighted by atomic mass is 16.4. The Labute approximate surface area is 106 Å². The molecule has 1 fully saturated rings. The number of carboxylic acid groups (broad SMARTS) is 1. The van der Waals surface area contributed by atoms with Gasteiger partial charge in [0, 0.05) is 24.9 Å². The van der Waals surface area contributed by atoms with E-state index in [9.17, 15) is 14.7 Å². The van der Waals surface area contributed by atoms with Gasteiger partial charge >= 0.3 is 0 Å².